The number of allylic oxidation sites excluding steroid dienone is 5. The van der Waals surface area contributed by atoms with Crippen LogP contribution in [-0.2, 0) is 11.3 Å². The Bertz CT molecular complexity index is 1410. The highest BCUT2D eigenvalue weighted by Gasteiger charge is 2.26. The van der Waals surface area contributed by atoms with Gasteiger partial charge in [0.2, 0.25) is 12.1 Å². The van der Waals surface area contributed by atoms with Gasteiger partial charge in [0.1, 0.15) is 18.0 Å². The fourth-order valence-electron chi connectivity index (χ4n) is 3.85. The van der Waals surface area contributed by atoms with E-state index >= 15 is 0 Å². The van der Waals surface area contributed by atoms with Crippen LogP contribution >= 0.6 is 0 Å². The Labute approximate surface area is 192 Å². The highest BCUT2D eigenvalue weighted by molar-refractivity contribution is 5.96. The quantitative estimate of drug-likeness (QED) is 0.173. The van der Waals surface area contributed by atoms with Gasteiger partial charge in [0.05, 0.1) is 5.56 Å². The number of hydrogen-bond donors (Lipinski definition) is 0. The maximum atomic E-state index is 13.0. The fraction of sp³-hybridized carbons (Fsp3) is 0.107. The number of rotatable bonds is 8. The standard InChI is InChI=1S/C28H25N2O3/c1-3-5-11-21(4-2)25(31)19-29-16-17-30(20-29)27(22-12-7-6-8-13-22)24-18-23-14-9-10-15-26(23)33-28(24)32/h3-18,20,27H,1,19H2,2H3/q+1/b11-5-,21-4+. The Kier molecular flexibility index (Phi) is 6.60. The average molecular weight is 438 g/mol. The first kappa shape index (κ1) is 22.0. The summed E-state index contributed by atoms with van der Waals surface area (Å²) in [6.07, 6.45) is 12.5. The SMILES string of the molecule is C=C/C=C\C(=C/C)C(=O)C[n+]1ccn(C(c2ccccc2)c2cc3ccccc3oc2=O)c1. The van der Waals surface area contributed by atoms with Crippen LogP contribution in [0, 0.1) is 0 Å². The Balaban J connectivity index is 1.74. The maximum absolute atomic E-state index is 13.0. The summed E-state index contributed by atoms with van der Waals surface area (Å²) in [5, 5.41) is 0.856. The van der Waals surface area contributed by atoms with Gasteiger partial charge in [-0.15, -0.1) is 0 Å². The minimum Gasteiger partial charge on any atom is -0.422 e. The highest BCUT2D eigenvalue weighted by atomic mass is 16.4. The molecule has 2 aromatic carbocycles. The van der Waals surface area contributed by atoms with Crippen molar-refractivity contribution in [2.24, 2.45) is 0 Å². The molecule has 0 saturated carbocycles. The minimum absolute atomic E-state index is 0.0140. The summed E-state index contributed by atoms with van der Waals surface area (Å²) in [6, 6.07) is 18.7. The number of aromatic nitrogens is 2. The molecule has 33 heavy (non-hydrogen) atoms. The molecule has 2 heterocycles. The maximum Gasteiger partial charge on any atom is 0.344 e. The van der Waals surface area contributed by atoms with Crippen molar-refractivity contribution >= 4 is 16.8 Å². The van der Waals surface area contributed by atoms with E-state index in [2.05, 4.69) is 6.58 Å². The van der Waals surface area contributed by atoms with Crippen molar-refractivity contribution in [3.8, 4) is 0 Å². The molecule has 0 spiro atoms. The van der Waals surface area contributed by atoms with Crippen LogP contribution in [0.2, 0.25) is 0 Å². The molecule has 5 heteroatoms. The van der Waals surface area contributed by atoms with Gasteiger partial charge in [-0.2, -0.15) is 0 Å². The van der Waals surface area contributed by atoms with Gasteiger partial charge < -0.3 is 4.42 Å². The molecule has 0 amide bonds. The molecule has 0 N–H and O–H groups in total. The third-order valence-electron chi connectivity index (χ3n) is 5.46. The van der Waals surface area contributed by atoms with E-state index in [0.717, 1.165) is 10.9 Å². The number of hydrogen-bond acceptors (Lipinski definition) is 3. The monoisotopic (exact) mass is 437 g/mol. The van der Waals surface area contributed by atoms with Gasteiger partial charge in [-0.3, -0.25) is 4.79 Å². The zero-order chi connectivity index (χ0) is 23.2. The molecule has 0 bridgehead atoms. The lowest BCUT2D eigenvalue weighted by Gasteiger charge is -2.14. The topological polar surface area (TPSA) is 56.1 Å². The summed E-state index contributed by atoms with van der Waals surface area (Å²) in [7, 11) is 0. The zero-order valence-corrected chi connectivity index (χ0v) is 18.4. The van der Waals surface area contributed by atoms with Crippen molar-refractivity contribution in [1.29, 1.82) is 0 Å². The normalized spacial score (nSPS) is 12.8. The molecule has 2 aromatic heterocycles. The van der Waals surface area contributed by atoms with Crippen molar-refractivity contribution in [1.82, 2.24) is 4.57 Å². The number of ketones is 1. The minimum atomic E-state index is -0.398. The van der Waals surface area contributed by atoms with Crippen LogP contribution in [0.1, 0.15) is 24.1 Å². The molecule has 5 nitrogen and oxygen atoms in total. The number of nitrogens with zero attached hydrogens (tertiary/aromatic N) is 2. The molecule has 1 atom stereocenters. The van der Waals surface area contributed by atoms with Gasteiger partial charge in [0.15, 0.2) is 12.6 Å². The first-order chi connectivity index (χ1) is 16.1. The van der Waals surface area contributed by atoms with Gasteiger partial charge in [0.25, 0.3) is 0 Å². The summed E-state index contributed by atoms with van der Waals surface area (Å²) in [6.45, 7) is 5.67. The Morgan fingerprint density at radius 1 is 1.15 bits per heavy atom. The average Bonchev–Trinajstić information content (AvgIpc) is 3.28. The van der Waals surface area contributed by atoms with Gasteiger partial charge in [-0.1, -0.05) is 79.4 Å². The molecule has 4 rings (SSSR count). The summed E-state index contributed by atoms with van der Waals surface area (Å²) in [5.41, 5.74) is 2.25. The first-order valence-electron chi connectivity index (χ1n) is 10.7. The molecule has 4 aromatic rings. The van der Waals surface area contributed by atoms with Crippen LogP contribution in [0.3, 0.4) is 0 Å². The molecular formula is C28H25N2O3+. The largest absolute Gasteiger partial charge is 0.422 e. The van der Waals surface area contributed by atoms with E-state index < -0.39 is 6.04 Å². The van der Waals surface area contributed by atoms with Crippen LogP contribution in [0.15, 0.2) is 125 Å². The molecule has 0 aliphatic carbocycles. The fourth-order valence-corrected chi connectivity index (χ4v) is 3.85. The van der Waals surface area contributed by atoms with Crippen LogP contribution in [0.25, 0.3) is 11.0 Å². The number of fused-ring (bicyclic) bond motifs is 1. The van der Waals surface area contributed by atoms with Crippen LogP contribution in [0.5, 0.6) is 0 Å². The number of imidazole rings is 1. The molecule has 1 unspecified atom stereocenters. The van der Waals surface area contributed by atoms with E-state index in [-0.39, 0.29) is 18.0 Å². The van der Waals surface area contributed by atoms with Crippen molar-refractivity contribution < 1.29 is 13.8 Å². The lowest BCUT2D eigenvalue weighted by Crippen LogP contribution is -2.36. The van der Waals surface area contributed by atoms with E-state index in [1.807, 2.05) is 89.4 Å². The lowest BCUT2D eigenvalue weighted by atomic mass is 9.99. The first-order valence-corrected chi connectivity index (χ1v) is 10.7. The highest BCUT2D eigenvalue weighted by Crippen LogP contribution is 2.26. The molecule has 0 radical (unpaired) electrons. The van der Waals surface area contributed by atoms with Gasteiger partial charge in [0, 0.05) is 16.5 Å². The third-order valence-corrected chi connectivity index (χ3v) is 5.46. The summed E-state index contributed by atoms with van der Waals surface area (Å²) in [4.78, 5) is 25.7. The number of Topliss-reactive ketones (excluding diaryl/α,β-unsaturated/α-hetero) is 1. The second kappa shape index (κ2) is 9.92. The lowest BCUT2D eigenvalue weighted by molar-refractivity contribution is -0.683. The molecule has 0 aliphatic rings. The number of benzene rings is 2. The summed E-state index contributed by atoms with van der Waals surface area (Å²) < 4.78 is 9.36. The zero-order valence-electron chi connectivity index (χ0n) is 18.4. The van der Waals surface area contributed by atoms with Gasteiger partial charge >= 0.3 is 5.63 Å². The van der Waals surface area contributed by atoms with Crippen molar-refractivity contribution in [3.63, 3.8) is 0 Å². The summed E-state index contributed by atoms with van der Waals surface area (Å²) >= 11 is 0. The second-order valence-corrected chi connectivity index (χ2v) is 7.64. The van der Waals surface area contributed by atoms with E-state index in [9.17, 15) is 9.59 Å². The Morgan fingerprint density at radius 3 is 2.67 bits per heavy atom. The van der Waals surface area contributed by atoms with Gasteiger partial charge in [-0.05, 0) is 19.1 Å². The van der Waals surface area contributed by atoms with Crippen LogP contribution in [-0.4, -0.2) is 10.4 Å². The Hall–Kier alpha value is -4.25. The molecule has 0 fully saturated rings. The smallest absolute Gasteiger partial charge is 0.344 e. The van der Waals surface area contributed by atoms with Crippen molar-refractivity contribution in [3.05, 3.63) is 137 Å². The van der Waals surface area contributed by atoms with Crippen molar-refractivity contribution in [2.45, 2.75) is 19.5 Å². The van der Waals surface area contributed by atoms with Gasteiger partial charge in [-0.25, -0.2) is 13.9 Å². The molecule has 0 aliphatic heterocycles. The number of para-hydroxylation sites is 1. The number of carbonyl (C=O) groups is 1. The van der Waals surface area contributed by atoms with E-state index in [1.165, 1.54) is 0 Å². The second-order valence-electron chi connectivity index (χ2n) is 7.64. The van der Waals surface area contributed by atoms with E-state index in [4.69, 9.17) is 4.42 Å². The van der Waals surface area contributed by atoms with E-state index in [0.29, 0.717) is 16.7 Å². The predicted molar refractivity (Wildman–Crippen MR) is 129 cm³/mol. The predicted octanol–water partition coefficient (Wildman–Crippen LogP) is 4.78. The van der Waals surface area contributed by atoms with Crippen molar-refractivity contribution in [2.75, 3.05) is 0 Å². The van der Waals surface area contributed by atoms with Crippen LogP contribution in [0.4, 0.5) is 0 Å². The number of carbonyl (C=O) groups excluding carboxylic acids is 1. The Morgan fingerprint density at radius 2 is 1.91 bits per heavy atom. The van der Waals surface area contributed by atoms with E-state index in [1.54, 1.807) is 30.4 Å². The molecule has 0 saturated heterocycles. The van der Waals surface area contributed by atoms with Crippen LogP contribution < -0.4 is 10.2 Å². The molecule has 164 valence electrons. The summed E-state index contributed by atoms with van der Waals surface area (Å²) in [5.74, 6) is -0.0140. The molecular weight excluding hydrogens is 412 g/mol. The third kappa shape index (κ3) is 4.83.